The molecule has 0 aliphatic carbocycles. The molecule has 1 heterocycles. The summed E-state index contributed by atoms with van der Waals surface area (Å²) in [7, 11) is 0. The number of halogens is 3. The third-order valence-electron chi connectivity index (χ3n) is 2.48. The number of aromatic nitrogens is 3. The van der Waals surface area contributed by atoms with Gasteiger partial charge in [0.05, 0.1) is 22.9 Å². The Morgan fingerprint density at radius 3 is 2.78 bits per heavy atom. The van der Waals surface area contributed by atoms with Crippen molar-refractivity contribution >= 4 is 15.9 Å². The highest BCUT2D eigenvalue weighted by Crippen LogP contribution is 2.22. The van der Waals surface area contributed by atoms with Crippen LogP contribution in [0.25, 0.3) is 0 Å². The number of hydrogen-bond acceptors (Lipinski definition) is 3. The summed E-state index contributed by atoms with van der Waals surface area (Å²) >= 11 is 3.02. The Hall–Kier alpha value is -1.34. The molecule has 0 aliphatic heterocycles. The van der Waals surface area contributed by atoms with E-state index in [9.17, 15) is 8.78 Å². The van der Waals surface area contributed by atoms with Crippen LogP contribution in [0.1, 0.15) is 24.2 Å². The van der Waals surface area contributed by atoms with Crippen molar-refractivity contribution in [3.05, 3.63) is 45.7 Å². The third kappa shape index (κ3) is 2.56. The summed E-state index contributed by atoms with van der Waals surface area (Å²) in [6.45, 7) is 1.73. The molecule has 0 amide bonds. The molecule has 0 bridgehead atoms. The van der Waals surface area contributed by atoms with E-state index in [1.807, 2.05) is 0 Å². The van der Waals surface area contributed by atoms with E-state index in [4.69, 9.17) is 5.73 Å². The zero-order chi connectivity index (χ0) is 13.3. The molecule has 0 saturated heterocycles. The monoisotopic (exact) mass is 316 g/mol. The van der Waals surface area contributed by atoms with Gasteiger partial charge in [0.2, 0.25) is 0 Å². The van der Waals surface area contributed by atoms with Crippen LogP contribution in [0.5, 0.6) is 0 Å². The fourth-order valence-electron chi connectivity index (χ4n) is 1.48. The molecule has 0 spiro atoms. The quantitative estimate of drug-likeness (QED) is 0.885. The van der Waals surface area contributed by atoms with Crippen LogP contribution in [0.3, 0.4) is 0 Å². The maximum absolute atomic E-state index is 13.7. The first kappa shape index (κ1) is 13.1. The highest BCUT2D eigenvalue weighted by Gasteiger charge is 2.14. The lowest BCUT2D eigenvalue weighted by Crippen LogP contribution is -2.06. The lowest BCUT2D eigenvalue weighted by Gasteiger charge is -2.06. The van der Waals surface area contributed by atoms with E-state index in [1.165, 1.54) is 16.8 Å². The largest absolute Gasteiger partial charge is 0.323 e. The number of rotatable bonds is 3. The molecule has 2 rings (SSSR count). The van der Waals surface area contributed by atoms with Crippen molar-refractivity contribution in [3.8, 4) is 0 Å². The fraction of sp³-hybridized carbons (Fsp3) is 0.273. The van der Waals surface area contributed by atoms with E-state index >= 15 is 0 Å². The maximum Gasteiger partial charge on any atom is 0.145 e. The van der Waals surface area contributed by atoms with Crippen molar-refractivity contribution < 1.29 is 8.78 Å². The molecular weight excluding hydrogens is 306 g/mol. The molecule has 0 saturated carbocycles. The van der Waals surface area contributed by atoms with Crippen molar-refractivity contribution in [2.45, 2.75) is 19.5 Å². The summed E-state index contributed by atoms with van der Waals surface area (Å²) < 4.78 is 28.8. The van der Waals surface area contributed by atoms with Gasteiger partial charge in [-0.2, -0.15) is 0 Å². The minimum absolute atomic E-state index is 0.0309. The van der Waals surface area contributed by atoms with Crippen LogP contribution in [-0.4, -0.2) is 15.0 Å². The van der Waals surface area contributed by atoms with Crippen LogP contribution >= 0.6 is 15.9 Å². The number of benzene rings is 1. The lowest BCUT2D eigenvalue weighted by atomic mass is 10.2. The van der Waals surface area contributed by atoms with Crippen LogP contribution in [0.4, 0.5) is 8.78 Å². The Balaban J connectivity index is 2.31. The number of nitrogens with two attached hydrogens (primary N) is 1. The summed E-state index contributed by atoms with van der Waals surface area (Å²) in [5.74, 6) is -1.25. The van der Waals surface area contributed by atoms with E-state index in [0.717, 1.165) is 0 Å². The topological polar surface area (TPSA) is 56.7 Å². The van der Waals surface area contributed by atoms with Crippen LogP contribution in [0, 0.1) is 11.6 Å². The Morgan fingerprint density at radius 2 is 2.17 bits per heavy atom. The van der Waals surface area contributed by atoms with Crippen LogP contribution in [0.2, 0.25) is 0 Å². The van der Waals surface area contributed by atoms with E-state index in [-0.39, 0.29) is 22.6 Å². The highest BCUT2D eigenvalue weighted by atomic mass is 79.9. The second-order valence-corrected chi connectivity index (χ2v) is 4.81. The Morgan fingerprint density at radius 1 is 1.44 bits per heavy atom. The second kappa shape index (κ2) is 5.11. The minimum atomic E-state index is -0.632. The first-order valence-electron chi connectivity index (χ1n) is 5.27. The molecule has 4 nitrogen and oxygen atoms in total. The first-order chi connectivity index (χ1) is 8.49. The van der Waals surface area contributed by atoms with Gasteiger partial charge in [-0.1, -0.05) is 5.21 Å². The summed E-state index contributed by atoms with van der Waals surface area (Å²) in [4.78, 5) is 0. The Bertz CT molecular complexity index is 568. The van der Waals surface area contributed by atoms with Crippen molar-refractivity contribution in [1.82, 2.24) is 15.0 Å². The van der Waals surface area contributed by atoms with Crippen LogP contribution in [-0.2, 0) is 6.54 Å². The fourth-order valence-corrected chi connectivity index (χ4v) is 1.85. The average Bonchev–Trinajstić information content (AvgIpc) is 2.78. The third-order valence-corrected chi connectivity index (χ3v) is 3.09. The molecule has 18 heavy (non-hydrogen) atoms. The minimum Gasteiger partial charge on any atom is -0.323 e. The van der Waals surface area contributed by atoms with Gasteiger partial charge in [-0.3, -0.25) is 0 Å². The smallest absolute Gasteiger partial charge is 0.145 e. The first-order valence-corrected chi connectivity index (χ1v) is 6.06. The molecule has 96 valence electrons. The summed E-state index contributed by atoms with van der Waals surface area (Å²) in [6, 6.07) is 2.25. The Kier molecular flexibility index (Phi) is 3.72. The number of hydrogen-bond donors (Lipinski definition) is 1. The van der Waals surface area contributed by atoms with Gasteiger partial charge in [0.1, 0.15) is 11.6 Å². The molecule has 0 radical (unpaired) electrons. The lowest BCUT2D eigenvalue weighted by molar-refractivity contribution is 0.524. The predicted molar refractivity (Wildman–Crippen MR) is 65.8 cm³/mol. The van der Waals surface area contributed by atoms with E-state index in [0.29, 0.717) is 5.69 Å². The van der Waals surface area contributed by atoms with Gasteiger partial charge in [0.15, 0.2) is 0 Å². The normalized spacial score (nSPS) is 12.7. The van der Waals surface area contributed by atoms with Gasteiger partial charge in [-0.15, -0.1) is 5.10 Å². The second-order valence-electron chi connectivity index (χ2n) is 3.95. The van der Waals surface area contributed by atoms with Gasteiger partial charge >= 0.3 is 0 Å². The molecular formula is C11H11BrF2N4. The predicted octanol–water partition coefficient (Wildman–Crippen LogP) is 2.39. The van der Waals surface area contributed by atoms with E-state index < -0.39 is 11.6 Å². The molecule has 1 unspecified atom stereocenters. The summed E-state index contributed by atoms with van der Waals surface area (Å²) in [5.41, 5.74) is 6.14. The SMILES string of the molecule is CC(N)c1cn(Cc2c(F)ccc(Br)c2F)nn1. The molecule has 1 aromatic carbocycles. The zero-order valence-electron chi connectivity index (χ0n) is 9.57. The Labute approximate surface area is 111 Å². The molecule has 1 atom stereocenters. The summed E-state index contributed by atoms with van der Waals surface area (Å²) in [6.07, 6.45) is 1.57. The van der Waals surface area contributed by atoms with Gasteiger partial charge in [-0.25, -0.2) is 13.5 Å². The molecule has 0 fully saturated rings. The molecule has 7 heteroatoms. The van der Waals surface area contributed by atoms with Gasteiger partial charge in [-0.05, 0) is 35.0 Å². The number of nitrogens with zero attached hydrogens (tertiary/aromatic N) is 3. The van der Waals surface area contributed by atoms with Crippen molar-refractivity contribution in [1.29, 1.82) is 0 Å². The molecule has 1 aromatic heterocycles. The standard InChI is InChI=1S/C11H11BrF2N4/c1-6(15)10-5-18(17-16-10)4-7-9(13)3-2-8(12)11(7)14/h2-3,5-6H,4,15H2,1H3. The zero-order valence-corrected chi connectivity index (χ0v) is 11.2. The van der Waals surface area contributed by atoms with Gasteiger partial charge in [0.25, 0.3) is 0 Å². The van der Waals surface area contributed by atoms with Gasteiger partial charge < -0.3 is 5.73 Å². The van der Waals surface area contributed by atoms with Crippen molar-refractivity contribution in [3.63, 3.8) is 0 Å². The van der Waals surface area contributed by atoms with Gasteiger partial charge in [0, 0.05) is 11.6 Å². The molecule has 2 N–H and O–H groups in total. The summed E-state index contributed by atoms with van der Waals surface area (Å²) in [5, 5.41) is 7.61. The van der Waals surface area contributed by atoms with Crippen LogP contribution < -0.4 is 5.73 Å². The van der Waals surface area contributed by atoms with Crippen molar-refractivity contribution in [2.75, 3.05) is 0 Å². The highest BCUT2D eigenvalue weighted by molar-refractivity contribution is 9.10. The van der Waals surface area contributed by atoms with Crippen LogP contribution in [0.15, 0.2) is 22.8 Å². The van der Waals surface area contributed by atoms with Crippen molar-refractivity contribution in [2.24, 2.45) is 5.73 Å². The van der Waals surface area contributed by atoms with E-state index in [2.05, 4.69) is 26.2 Å². The average molecular weight is 317 g/mol. The molecule has 2 aromatic rings. The molecule has 0 aliphatic rings. The van der Waals surface area contributed by atoms with E-state index in [1.54, 1.807) is 13.1 Å². The maximum atomic E-state index is 13.7.